The average molecular weight is 385 g/mol. The van der Waals surface area contributed by atoms with E-state index in [4.69, 9.17) is 9.84 Å². The van der Waals surface area contributed by atoms with Crippen LogP contribution in [0.1, 0.15) is 16.8 Å². The van der Waals surface area contributed by atoms with Gasteiger partial charge in [-0.2, -0.15) is 4.37 Å². The van der Waals surface area contributed by atoms with Gasteiger partial charge in [-0.25, -0.2) is 4.79 Å². The quantitative estimate of drug-likeness (QED) is 0.490. The minimum absolute atomic E-state index is 0.182. The fourth-order valence-electron chi connectivity index (χ4n) is 2.46. The van der Waals surface area contributed by atoms with Crippen molar-refractivity contribution >= 4 is 39.3 Å². The standard InChI is InChI=1S/C19H19N3O4S/c23-17(24)12-26-14-8-6-13(7-9-14)19(25)21-11-3-10-20-18-15-4-1-2-5-16(15)27-22-18/h1-2,4-9H,3,10-12H2,(H,20,22)(H,21,25)(H,23,24). The Labute approximate surface area is 160 Å². The van der Waals surface area contributed by atoms with Crippen LogP contribution in [0.15, 0.2) is 48.5 Å². The Morgan fingerprint density at radius 2 is 1.85 bits per heavy atom. The molecule has 0 aliphatic heterocycles. The molecular formula is C19H19N3O4S. The molecule has 27 heavy (non-hydrogen) atoms. The van der Waals surface area contributed by atoms with Crippen LogP contribution < -0.4 is 15.4 Å². The van der Waals surface area contributed by atoms with Gasteiger partial charge in [-0.05, 0) is 54.4 Å². The molecule has 2 aromatic carbocycles. The number of anilines is 1. The molecule has 0 aliphatic rings. The molecule has 0 atom stereocenters. The molecule has 8 heteroatoms. The summed E-state index contributed by atoms with van der Waals surface area (Å²) >= 11 is 1.46. The van der Waals surface area contributed by atoms with E-state index in [1.54, 1.807) is 24.3 Å². The Morgan fingerprint density at radius 1 is 1.07 bits per heavy atom. The summed E-state index contributed by atoms with van der Waals surface area (Å²) in [6.45, 7) is 0.827. The van der Waals surface area contributed by atoms with Gasteiger partial charge < -0.3 is 20.5 Å². The maximum absolute atomic E-state index is 12.1. The van der Waals surface area contributed by atoms with Crippen molar-refractivity contribution in [2.24, 2.45) is 0 Å². The normalized spacial score (nSPS) is 10.5. The van der Waals surface area contributed by atoms with Crippen molar-refractivity contribution in [2.45, 2.75) is 6.42 Å². The molecule has 1 amide bonds. The Balaban J connectivity index is 1.40. The van der Waals surface area contributed by atoms with E-state index in [2.05, 4.69) is 15.0 Å². The zero-order valence-electron chi connectivity index (χ0n) is 14.5. The van der Waals surface area contributed by atoms with Gasteiger partial charge in [0.25, 0.3) is 5.91 Å². The smallest absolute Gasteiger partial charge is 0.341 e. The van der Waals surface area contributed by atoms with Crippen molar-refractivity contribution in [1.29, 1.82) is 0 Å². The van der Waals surface area contributed by atoms with Crippen LogP contribution in [-0.2, 0) is 4.79 Å². The molecular weight excluding hydrogens is 366 g/mol. The highest BCUT2D eigenvalue weighted by molar-refractivity contribution is 7.13. The van der Waals surface area contributed by atoms with Gasteiger partial charge in [-0.3, -0.25) is 4.79 Å². The Hall–Kier alpha value is -3.13. The van der Waals surface area contributed by atoms with Crippen LogP contribution in [-0.4, -0.2) is 41.1 Å². The van der Waals surface area contributed by atoms with Crippen LogP contribution in [0, 0.1) is 0 Å². The molecule has 3 rings (SSSR count). The number of nitrogens with one attached hydrogen (secondary N) is 2. The van der Waals surface area contributed by atoms with Gasteiger partial charge in [0.1, 0.15) is 11.6 Å². The summed E-state index contributed by atoms with van der Waals surface area (Å²) in [5.74, 6) is 0.0579. The topological polar surface area (TPSA) is 101 Å². The molecule has 140 valence electrons. The van der Waals surface area contributed by atoms with E-state index in [9.17, 15) is 9.59 Å². The molecule has 0 saturated carbocycles. The van der Waals surface area contributed by atoms with Gasteiger partial charge in [0.2, 0.25) is 0 Å². The number of hydrogen-bond acceptors (Lipinski definition) is 6. The van der Waals surface area contributed by atoms with Crippen molar-refractivity contribution in [2.75, 3.05) is 25.0 Å². The second-order valence-corrected chi connectivity index (χ2v) is 6.58. The lowest BCUT2D eigenvalue weighted by molar-refractivity contribution is -0.139. The Kier molecular flexibility index (Phi) is 6.22. The number of fused-ring (bicyclic) bond motifs is 1. The maximum atomic E-state index is 12.1. The number of aliphatic carboxylic acids is 1. The minimum Gasteiger partial charge on any atom is -0.482 e. The molecule has 0 radical (unpaired) electrons. The lowest BCUT2D eigenvalue weighted by atomic mass is 10.2. The number of nitrogens with zero attached hydrogens (tertiary/aromatic N) is 1. The summed E-state index contributed by atoms with van der Waals surface area (Å²) in [6, 6.07) is 14.4. The van der Waals surface area contributed by atoms with Crippen LogP contribution in [0.5, 0.6) is 5.75 Å². The van der Waals surface area contributed by atoms with Crippen LogP contribution in [0.2, 0.25) is 0 Å². The third-order valence-electron chi connectivity index (χ3n) is 3.79. The van der Waals surface area contributed by atoms with Crippen molar-refractivity contribution in [3.8, 4) is 5.75 Å². The highest BCUT2D eigenvalue weighted by Gasteiger charge is 2.07. The first kappa shape index (κ1) is 18.7. The van der Waals surface area contributed by atoms with E-state index in [0.717, 1.165) is 22.3 Å². The van der Waals surface area contributed by atoms with E-state index in [-0.39, 0.29) is 5.91 Å². The van der Waals surface area contributed by atoms with Gasteiger partial charge in [0.15, 0.2) is 6.61 Å². The third-order valence-corrected chi connectivity index (χ3v) is 4.61. The lowest BCUT2D eigenvalue weighted by Gasteiger charge is -2.07. The SMILES string of the molecule is O=C(O)COc1ccc(C(=O)NCCCNc2nsc3ccccc23)cc1. The van der Waals surface area contributed by atoms with Crippen molar-refractivity contribution in [1.82, 2.24) is 9.69 Å². The summed E-state index contributed by atoms with van der Waals surface area (Å²) in [5.41, 5.74) is 0.496. The Morgan fingerprint density at radius 3 is 2.63 bits per heavy atom. The Bertz CT molecular complexity index is 924. The van der Waals surface area contributed by atoms with E-state index in [0.29, 0.717) is 24.4 Å². The van der Waals surface area contributed by atoms with Gasteiger partial charge in [0, 0.05) is 24.0 Å². The molecule has 0 fully saturated rings. The molecule has 3 aromatic rings. The first-order valence-electron chi connectivity index (χ1n) is 8.44. The first-order chi connectivity index (χ1) is 13.1. The van der Waals surface area contributed by atoms with Crippen molar-refractivity contribution in [3.05, 3.63) is 54.1 Å². The number of ether oxygens (including phenoxy) is 1. The van der Waals surface area contributed by atoms with Crippen LogP contribution in [0.3, 0.4) is 0 Å². The number of carboxylic acid groups (broad SMARTS) is 1. The predicted octanol–water partition coefficient (Wildman–Crippen LogP) is 2.99. The van der Waals surface area contributed by atoms with E-state index in [1.165, 1.54) is 11.5 Å². The second kappa shape index (κ2) is 9.00. The number of rotatable bonds is 9. The molecule has 0 unspecified atom stereocenters. The molecule has 0 aliphatic carbocycles. The summed E-state index contributed by atoms with van der Waals surface area (Å²) in [4.78, 5) is 22.6. The molecule has 0 saturated heterocycles. The van der Waals surface area contributed by atoms with E-state index < -0.39 is 12.6 Å². The lowest BCUT2D eigenvalue weighted by Crippen LogP contribution is -2.25. The third kappa shape index (κ3) is 5.18. The number of carbonyl (C=O) groups excluding carboxylic acids is 1. The fourth-order valence-corrected chi connectivity index (χ4v) is 3.22. The van der Waals surface area contributed by atoms with Crippen LogP contribution in [0.25, 0.3) is 10.1 Å². The number of benzene rings is 2. The predicted molar refractivity (Wildman–Crippen MR) is 105 cm³/mol. The van der Waals surface area contributed by atoms with Gasteiger partial charge in [0.05, 0.1) is 4.70 Å². The van der Waals surface area contributed by atoms with E-state index >= 15 is 0 Å². The average Bonchev–Trinajstić information content (AvgIpc) is 3.09. The van der Waals surface area contributed by atoms with Crippen molar-refractivity contribution in [3.63, 3.8) is 0 Å². The van der Waals surface area contributed by atoms with Gasteiger partial charge in [-0.1, -0.05) is 12.1 Å². The first-order valence-corrected chi connectivity index (χ1v) is 9.22. The molecule has 7 nitrogen and oxygen atoms in total. The molecule has 1 aromatic heterocycles. The highest BCUT2D eigenvalue weighted by atomic mass is 32.1. The van der Waals surface area contributed by atoms with Crippen molar-refractivity contribution < 1.29 is 19.4 Å². The number of aromatic nitrogens is 1. The summed E-state index contributed by atoms with van der Waals surface area (Å²) in [6.07, 6.45) is 0.761. The largest absolute Gasteiger partial charge is 0.482 e. The molecule has 0 bridgehead atoms. The second-order valence-electron chi connectivity index (χ2n) is 5.77. The number of carbonyl (C=O) groups is 2. The van der Waals surface area contributed by atoms with Gasteiger partial charge in [-0.15, -0.1) is 0 Å². The minimum atomic E-state index is -1.05. The number of hydrogen-bond donors (Lipinski definition) is 3. The summed E-state index contributed by atoms with van der Waals surface area (Å²) < 4.78 is 10.6. The highest BCUT2D eigenvalue weighted by Crippen LogP contribution is 2.25. The number of amides is 1. The number of carboxylic acids is 1. The zero-order valence-corrected chi connectivity index (χ0v) is 15.3. The van der Waals surface area contributed by atoms with E-state index in [1.807, 2.05) is 24.3 Å². The summed E-state index contributed by atoms with van der Waals surface area (Å²) in [5, 5.41) is 15.8. The fraction of sp³-hybridized carbons (Fsp3) is 0.211. The molecule has 3 N–H and O–H groups in total. The monoisotopic (exact) mass is 385 g/mol. The molecule has 0 spiro atoms. The maximum Gasteiger partial charge on any atom is 0.341 e. The summed E-state index contributed by atoms with van der Waals surface area (Å²) in [7, 11) is 0. The van der Waals surface area contributed by atoms with Crippen LogP contribution in [0.4, 0.5) is 5.82 Å². The van der Waals surface area contributed by atoms with Gasteiger partial charge >= 0.3 is 5.97 Å². The van der Waals surface area contributed by atoms with Crippen LogP contribution >= 0.6 is 11.5 Å². The molecule has 1 heterocycles. The zero-order chi connectivity index (χ0) is 19.1.